The van der Waals surface area contributed by atoms with Gasteiger partial charge in [0.1, 0.15) is 11.6 Å². The number of carbonyl (C=O) groups is 1. The summed E-state index contributed by atoms with van der Waals surface area (Å²) in [7, 11) is 0. The van der Waals surface area contributed by atoms with Gasteiger partial charge < -0.3 is 5.32 Å². The van der Waals surface area contributed by atoms with Crippen LogP contribution in [0.2, 0.25) is 5.02 Å². The van der Waals surface area contributed by atoms with E-state index in [0.717, 1.165) is 25.7 Å². The minimum atomic E-state index is -0.563. The fourth-order valence-electron chi connectivity index (χ4n) is 3.77. The van der Waals surface area contributed by atoms with E-state index in [1.807, 2.05) is 0 Å². The monoisotopic (exact) mass is 346 g/mol. The van der Waals surface area contributed by atoms with E-state index in [1.165, 1.54) is 30.3 Å². The summed E-state index contributed by atoms with van der Waals surface area (Å²) in [6.07, 6.45) is 4.13. The standard InChI is InChI=1S/C18H16ClFN2O2/c19-12-9-10(5-7-13(12)20)17(24)11-6-8-16(23)22-15-4-2-1-3-14(15)21-18(11)22/h5-9,14-15,21H,1-4H2/t14-,15?/m1/s1. The molecule has 1 aliphatic heterocycles. The molecule has 2 heterocycles. The molecule has 6 heteroatoms. The number of carbonyl (C=O) groups excluding carboxylic acids is 1. The number of halogens is 2. The number of benzene rings is 1. The topological polar surface area (TPSA) is 51.1 Å². The highest BCUT2D eigenvalue weighted by atomic mass is 35.5. The van der Waals surface area contributed by atoms with E-state index in [2.05, 4.69) is 5.32 Å². The number of hydrogen-bond donors (Lipinski definition) is 1. The molecule has 0 spiro atoms. The lowest BCUT2D eigenvalue weighted by atomic mass is 9.91. The number of fused-ring (bicyclic) bond motifs is 3. The second-order valence-corrected chi connectivity index (χ2v) is 6.77. The molecule has 2 aliphatic rings. The number of anilines is 1. The van der Waals surface area contributed by atoms with Gasteiger partial charge in [0.25, 0.3) is 5.56 Å². The van der Waals surface area contributed by atoms with Crippen LogP contribution < -0.4 is 10.9 Å². The third-order valence-corrected chi connectivity index (χ3v) is 5.23. The van der Waals surface area contributed by atoms with E-state index in [1.54, 1.807) is 4.57 Å². The van der Waals surface area contributed by atoms with Crippen LogP contribution in [0, 0.1) is 5.82 Å². The van der Waals surface area contributed by atoms with E-state index < -0.39 is 5.82 Å². The number of ketones is 1. The van der Waals surface area contributed by atoms with E-state index in [-0.39, 0.29) is 28.4 Å². The second-order valence-electron chi connectivity index (χ2n) is 6.36. The van der Waals surface area contributed by atoms with Gasteiger partial charge in [-0.3, -0.25) is 14.2 Å². The fraction of sp³-hybridized carbons (Fsp3) is 0.333. The fourth-order valence-corrected chi connectivity index (χ4v) is 3.95. The van der Waals surface area contributed by atoms with Gasteiger partial charge in [0, 0.05) is 17.7 Å². The van der Waals surface area contributed by atoms with Crippen molar-refractivity contribution < 1.29 is 9.18 Å². The van der Waals surface area contributed by atoms with Crippen LogP contribution in [0.4, 0.5) is 10.2 Å². The molecule has 4 nitrogen and oxygen atoms in total. The van der Waals surface area contributed by atoms with Crippen LogP contribution >= 0.6 is 11.6 Å². The second kappa shape index (κ2) is 5.74. The Morgan fingerprint density at radius 2 is 2.00 bits per heavy atom. The predicted molar refractivity (Wildman–Crippen MR) is 90.5 cm³/mol. The number of rotatable bonds is 2. The van der Waals surface area contributed by atoms with E-state index >= 15 is 0 Å². The Balaban J connectivity index is 1.80. The number of nitrogens with one attached hydrogen (secondary N) is 1. The highest BCUT2D eigenvalue weighted by Gasteiger charge is 2.36. The maximum absolute atomic E-state index is 13.3. The normalized spacial score (nSPS) is 21.8. The predicted octanol–water partition coefficient (Wildman–Crippen LogP) is 3.78. The molecular weight excluding hydrogens is 331 g/mol. The number of aromatic nitrogens is 1. The minimum absolute atomic E-state index is 0.0905. The molecule has 124 valence electrons. The summed E-state index contributed by atoms with van der Waals surface area (Å²) in [5, 5.41) is 3.27. The van der Waals surface area contributed by atoms with E-state index in [0.29, 0.717) is 16.9 Å². The molecule has 1 aromatic heterocycles. The molecule has 1 aromatic carbocycles. The zero-order valence-corrected chi connectivity index (χ0v) is 13.6. The summed E-state index contributed by atoms with van der Waals surface area (Å²) in [5.41, 5.74) is 0.631. The number of pyridine rings is 1. The first-order chi connectivity index (χ1) is 11.6. The summed E-state index contributed by atoms with van der Waals surface area (Å²) in [5.74, 6) is -0.261. The first-order valence-corrected chi connectivity index (χ1v) is 8.46. The average Bonchev–Trinajstić information content (AvgIpc) is 2.97. The first kappa shape index (κ1) is 15.4. The molecule has 0 radical (unpaired) electrons. The van der Waals surface area contributed by atoms with Crippen molar-refractivity contribution in [3.05, 3.63) is 62.7 Å². The van der Waals surface area contributed by atoms with Crippen molar-refractivity contribution >= 4 is 23.2 Å². The molecule has 0 saturated heterocycles. The van der Waals surface area contributed by atoms with Gasteiger partial charge in [-0.25, -0.2) is 4.39 Å². The van der Waals surface area contributed by atoms with Crippen molar-refractivity contribution in [3.8, 4) is 0 Å². The smallest absolute Gasteiger partial charge is 0.252 e. The Morgan fingerprint density at radius 3 is 2.79 bits per heavy atom. The quantitative estimate of drug-likeness (QED) is 0.842. The highest BCUT2D eigenvalue weighted by molar-refractivity contribution is 6.31. The van der Waals surface area contributed by atoms with Gasteiger partial charge in [0.05, 0.1) is 16.6 Å². The van der Waals surface area contributed by atoms with Gasteiger partial charge in [0.15, 0.2) is 5.78 Å². The van der Waals surface area contributed by atoms with Gasteiger partial charge in [-0.1, -0.05) is 24.4 Å². The third kappa shape index (κ3) is 2.35. The van der Waals surface area contributed by atoms with Crippen LogP contribution in [0.1, 0.15) is 47.6 Å². The van der Waals surface area contributed by atoms with Crippen molar-refractivity contribution in [2.75, 3.05) is 5.32 Å². The molecule has 24 heavy (non-hydrogen) atoms. The Bertz CT molecular complexity index is 893. The molecule has 1 unspecified atom stereocenters. The Hall–Kier alpha value is -2.14. The lowest BCUT2D eigenvalue weighted by molar-refractivity contribution is 0.103. The maximum Gasteiger partial charge on any atom is 0.252 e. The van der Waals surface area contributed by atoms with Crippen molar-refractivity contribution in [1.29, 1.82) is 0 Å². The van der Waals surface area contributed by atoms with Crippen LogP contribution in [0.3, 0.4) is 0 Å². The van der Waals surface area contributed by atoms with Crippen LogP contribution in [-0.2, 0) is 0 Å². The number of hydrogen-bond acceptors (Lipinski definition) is 3. The summed E-state index contributed by atoms with van der Waals surface area (Å²) < 4.78 is 15.0. The first-order valence-electron chi connectivity index (χ1n) is 8.08. The Labute approximate surface area is 143 Å². The molecule has 2 atom stereocenters. The highest BCUT2D eigenvalue weighted by Crippen LogP contribution is 2.38. The SMILES string of the molecule is O=C(c1ccc(F)c(Cl)c1)c1ccc(=O)n2c1N[C@@H]1CCCCC12. The summed E-state index contributed by atoms with van der Waals surface area (Å²) in [6.45, 7) is 0. The average molecular weight is 347 g/mol. The van der Waals surface area contributed by atoms with Crippen LogP contribution in [0.5, 0.6) is 0 Å². The van der Waals surface area contributed by atoms with E-state index in [4.69, 9.17) is 11.6 Å². The van der Waals surface area contributed by atoms with Crippen molar-refractivity contribution in [1.82, 2.24) is 4.57 Å². The zero-order chi connectivity index (χ0) is 16.8. The summed E-state index contributed by atoms with van der Waals surface area (Å²) in [6, 6.07) is 7.18. The zero-order valence-electron chi connectivity index (χ0n) is 12.9. The van der Waals surface area contributed by atoms with Gasteiger partial charge in [-0.15, -0.1) is 0 Å². The van der Waals surface area contributed by atoms with Crippen molar-refractivity contribution in [2.24, 2.45) is 0 Å². The van der Waals surface area contributed by atoms with Gasteiger partial charge in [0.2, 0.25) is 0 Å². The van der Waals surface area contributed by atoms with Crippen LogP contribution in [0.25, 0.3) is 0 Å². The maximum atomic E-state index is 13.3. The summed E-state index contributed by atoms with van der Waals surface area (Å²) in [4.78, 5) is 25.2. The van der Waals surface area contributed by atoms with Crippen LogP contribution in [-0.4, -0.2) is 16.4 Å². The lowest BCUT2D eigenvalue weighted by Gasteiger charge is -2.25. The number of nitrogens with zero attached hydrogens (tertiary/aromatic N) is 1. The molecule has 0 bridgehead atoms. The molecule has 4 rings (SSSR count). The lowest BCUT2D eigenvalue weighted by Crippen LogP contribution is -2.29. The van der Waals surface area contributed by atoms with Gasteiger partial charge >= 0.3 is 0 Å². The Morgan fingerprint density at radius 1 is 1.21 bits per heavy atom. The molecule has 1 aliphatic carbocycles. The van der Waals surface area contributed by atoms with Crippen LogP contribution in [0.15, 0.2) is 35.1 Å². The van der Waals surface area contributed by atoms with Crippen molar-refractivity contribution in [3.63, 3.8) is 0 Å². The van der Waals surface area contributed by atoms with Crippen molar-refractivity contribution in [2.45, 2.75) is 37.8 Å². The molecule has 1 fully saturated rings. The third-order valence-electron chi connectivity index (χ3n) is 4.94. The van der Waals surface area contributed by atoms with Gasteiger partial charge in [-0.2, -0.15) is 0 Å². The largest absolute Gasteiger partial charge is 0.366 e. The Kier molecular flexibility index (Phi) is 3.68. The summed E-state index contributed by atoms with van der Waals surface area (Å²) >= 11 is 5.79. The van der Waals surface area contributed by atoms with Gasteiger partial charge in [-0.05, 0) is 37.1 Å². The minimum Gasteiger partial charge on any atom is -0.366 e. The molecular formula is C18H16ClFN2O2. The molecule has 1 saturated carbocycles. The molecule has 1 N–H and O–H groups in total. The molecule has 0 amide bonds. The molecule has 2 aromatic rings. The van der Waals surface area contributed by atoms with E-state index in [9.17, 15) is 14.0 Å².